The Balaban J connectivity index is 1.62. The molecule has 1 amide bonds. The molecule has 7 heteroatoms. The number of aromatic nitrogens is 1. The monoisotopic (exact) mass is 371 g/mol. The number of hydrogen-bond acceptors (Lipinski definition) is 5. The van der Waals surface area contributed by atoms with Crippen molar-refractivity contribution in [2.24, 2.45) is 0 Å². The Hall–Kier alpha value is -2.96. The molecule has 0 unspecified atom stereocenters. The quantitative estimate of drug-likeness (QED) is 0.841. The third kappa shape index (κ3) is 4.42. The summed E-state index contributed by atoms with van der Waals surface area (Å²) in [7, 11) is 3.28. The van der Waals surface area contributed by atoms with Crippen molar-refractivity contribution in [2.45, 2.75) is 25.8 Å². The van der Waals surface area contributed by atoms with Gasteiger partial charge in [0.1, 0.15) is 11.5 Å². The summed E-state index contributed by atoms with van der Waals surface area (Å²) in [5, 5.41) is 3.08. The number of ether oxygens (including phenoxy) is 2. The van der Waals surface area contributed by atoms with E-state index in [0.717, 1.165) is 43.1 Å². The molecule has 0 radical (unpaired) electrons. The van der Waals surface area contributed by atoms with Gasteiger partial charge in [-0.05, 0) is 25.3 Å². The van der Waals surface area contributed by atoms with Gasteiger partial charge < -0.3 is 24.7 Å². The molecule has 1 saturated heterocycles. The second-order valence-corrected chi connectivity index (χ2v) is 6.70. The lowest BCUT2D eigenvalue weighted by Crippen LogP contribution is -2.45. The number of nitrogens with zero attached hydrogens (tertiary/aromatic N) is 1. The fourth-order valence-corrected chi connectivity index (χ4v) is 3.34. The molecule has 1 aromatic heterocycles. The van der Waals surface area contributed by atoms with Gasteiger partial charge in [0.25, 0.3) is 5.91 Å². The number of nitrogens with one attached hydrogen (secondary N) is 2. The Kier molecular flexibility index (Phi) is 5.69. The summed E-state index contributed by atoms with van der Waals surface area (Å²) in [6, 6.07) is 7.37. The molecule has 27 heavy (non-hydrogen) atoms. The van der Waals surface area contributed by atoms with Crippen LogP contribution in [0.2, 0.25) is 0 Å². The van der Waals surface area contributed by atoms with Crippen molar-refractivity contribution in [1.82, 2.24) is 10.3 Å². The van der Waals surface area contributed by atoms with Gasteiger partial charge in [0, 0.05) is 55.3 Å². The van der Waals surface area contributed by atoms with Crippen LogP contribution in [0.5, 0.6) is 11.5 Å². The minimum Gasteiger partial charge on any atom is -0.497 e. The van der Waals surface area contributed by atoms with Crippen molar-refractivity contribution in [3.63, 3.8) is 0 Å². The topological polar surface area (TPSA) is 83.7 Å². The summed E-state index contributed by atoms with van der Waals surface area (Å²) in [6.45, 7) is 3.42. The second-order valence-electron chi connectivity index (χ2n) is 6.70. The van der Waals surface area contributed by atoms with E-state index in [1.54, 1.807) is 21.1 Å². The number of amides is 1. The molecule has 2 aromatic rings. The smallest absolute Gasteiger partial charge is 0.253 e. The van der Waals surface area contributed by atoms with Gasteiger partial charge in [-0.1, -0.05) is 0 Å². The zero-order valence-electron chi connectivity index (χ0n) is 15.9. The predicted octanol–water partition coefficient (Wildman–Crippen LogP) is 2.10. The number of hydrogen-bond donors (Lipinski definition) is 2. The Morgan fingerprint density at radius 3 is 2.30 bits per heavy atom. The first-order valence-electron chi connectivity index (χ1n) is 8.98. The van der Waals surface area contributed by atoms with E-state index in [4.69, 9.17) is 9.47 Å². The molecule has 1 aliphatic rings. The normalized spacial score (nSPS) is 14.7. The van der Waals surface area contributed by atoms with Crippen molar-refractivity contribution in [1.29, 1.82) is 0 Å². The van der Waals surface area contributed by atoms with E-state index in [1.165, 1.54) is 12.3 Å². The van der Waals surface area contributed by atoms with Crippen molar-refractivity contribution < 1.29 is 14.3 Å². The number of methoxy groups -OCH3 is 2. The van der Waals surface area contributed by atoms with Crippen LogP contribution in [0.3, 0.4) is 0 Å². The highest BCUT2D eigenvalue weighted by atomic mass is 16.5. The summed E-state index contributed by atoms with van der Waals surface area (Å²) in [6.07, 6.45) is 3.16. The molecule has 1 fully saturated rings. The molecule has 1 aromatic carbocycles. The fraction of sp³-hybridized carbons (Fsp3) is 0.400. The minimum atomic E-state index is -0.203. The van der Waals surface area contributed by atoms with E-state index >= 15 is 0 Å². The van der Waals surface area contributed by atoms with E-state index in [-0.39, 0.29) is 17.5 Å². The number of benzene rings is 1. The highest BCUT2D eigenvalue weighted by Crippen LogP contribution is 2.30. The highest BCUT2D eigenvalue weighted by molar-refractivity contribution is 5.95. The lowest BCUT2D eigenvalue weighted by atomic mass is 10.0. The maximum Gasteiger partial charge on any atom is 0.253 e. The van der Waals surface area contributed by atoms with E-state index < -0.39 is 0 Å². The van der Waals surface area contributed by atoms with Gasteiger partial charge >= 0.3 is 0 Å². The summed E-state index contributed by atoms with van der Waals surface area (Å²) in [4.78, 5) is 28.6. The first-order chi connectivity index (χ1) is 13.0. The van der Waals surface area contributed by atoms with Gasteiger partial charge in [0.2, 0.25) is 5.56 Å². The van der Waals surface area contributed by atoms with E-state index in [1.807, 2.05) is 18.2 Å². The molecule has 7 nitrogen and oxygen atoms in total. The maximum atomic E-state index is 12.5. The summed E-state index contributed by atoms with van der Waals surface area (Å²) in [5.74, 6) is 1.37. The lowest BCUT2D eigenvalue weighted by Gasteiger charge is -2.34. The van der Waals surface area contributed by atoms with Crippen molar-refractivity contribution in [2.75, 3.05) is 32.2 Å². The summed E-state index contributed by atoms with van der Waals surface area (Å²) < 4.78 is 10.7. The van der Waals surface area contributed by atoms with E-state index in [2.05, 4.69) is 15.2 Å². The van der Waals surface area contributed by atoms with Crippen LogP contribution in [0.25, 0.3) is 0 Å². The number of carbonyl (C=O) groups is 1. The molecule has 0 atom stereocenters. The van der Waals surface area contributed by atoms with Crippen LogP contribution in [-0.4, -0.2) is 44.2 Å². The van der Waals surface area contributed by atoms with Gasteiger partial charge in [-0.2, -0.15) is 0 Å². The van der Waals surface area contributed by atoms with Gasteiger partial charge in [0.15, 0.2) is 0 Å². The third-order valence-corrected chi connectivity index (χ3v) is 4.91. The summed E-state index contributed by atoms with van der Waals surface area (Å²) >= 11 is 0. The Bertz CT molecular complexity index is 848. The number of anilines is 1. The van der Waals surface area contributed by atoms with Crippen LogP contribution < -0.4 is 25.2 Å². The molecule has 144 valence electrons. The minimum absolute atomic E-state index is 0.104. The number of aryl methyl sites for hydroxylation is 1. The first-order valence-corrected chi connectivity index (χ1v) is 8.98. The van der Waals surface area contributed by atoms with Gasteiger partial charge in [-0.15, -0.1) is 0 Å². The standard InChI is InChI=1S/C20H25N3O4/c1-13-8-19(24)21-12-18(13)20(25)22-14-4-6-23(7-5-14)15-9-16(26-2)11-17(10-15)27-3/h8-12,14H,4-7H2,1-3H3,(H,21,24)(H,22,25). The molecule has 2 N–H and O–H groups in total. The molecule has 0 saturated carbocycles. The van der Waals surface area contributed by atoms with E-state index in [0.29, 0.717) is 11.1 Å². The molecule has 0 spiro atoms. The zero-order valence-corrected chi connectivity index (χ0v) is 15.9. The van der Waals surface area contributed by atoms with Crippen LogP contribution in [-0.2, 0) is 0 Å². The van der Waals surface area contributed by atoms with Crippen LogP contribution in [0, 0.1) is 6.92 Å². The largest absolute Gasteiger partial charge is 0.497 e. The lowest BCUT2D eigenvalue weighted by molar-refractivity contribution is 0.0930. The predicted molar refractivity (Wildman–Crippen MR) is 104 cm³/mol. The molecule has 0 aliphatic carbocycles. The van der Waals surface area contributed by atoms with Gasteiger partial charge in [0.05, 0.1) is 19.8 Å². The first kappa shape index (κ1) is 18.8. The molecular weight excluding hydrogens is 346 g/mol. The molecule has 1 aliphatic heterocycles. The maximum absolute atomic E-state index is 12.5. The third-order valence-electron chi connectivity index (χ3n) is 4.91. The summed E-state index contributed by atoms with van der Waals surface area (Å²) in [5.41, 5.74) is 2.03. The number of pyridine rings is 1. The number of piperidine rings is 1. The van der Waals surface area contributed by atoms with Crippen molar-refractivity contribution in [3.05, 3.63) is 51.9 Å². The number of H-pyrrole nitrogens is 1. The van der Waals surface area contributed by atoms with Gasteiger partial charge in [-0.3, -0.25) is 9.59 Å². The number of rotatable bonds is 5. The van der Waals surface area contributed by atoms with Crippen molar-refractivity contribution >= 4 is 11.6 Å². The van der Waals surface area contributed by atoms with Crippen LogP contribution in [0.4, 0.5) is 5.69 Å². The highest BCUT2D eigenvalue weighted by Gasteiger charge is 2.22. The average Bonchev–Trinajstić information content (AvgIpc) is 2.68. The fourth-order valence-electron chi connectivity index (χ4n) is 3.34. The second kappa shape index (κ2) is 8.16. The van der Waals surface area contributed by atoms with Crippen LogP contribution in [0.15, 0.2) is 35.3 Å². The Labute approximate surface area is 158 Å². The van der Waals surface area contributed by atoms with Crippen LogP contribution >= 0.6 is 0 Å². The molecule has 3 rings (SSSR count). The molecule has 0 bridgehead atoms. The Morgan fingerprint density at radius 2 is 1.74 bits per heavy atom. The zero-order chi connectivity index (χ0) is 19.4. The molecule has 2 heterocycles. The number of carbonyl (C=O) groups excluding carboxylic acids is 1. The molecular formula is C20H25N3O4. The van der Waals surface area contributed by atoms with E-state index in [9.17, 15) is 9.59 Å². The van der Waals surface area contributed by atoms with Crippen molar-refractivity contribution in [3.8, 4) is 11.5 Å². The van der Waals surface area contributed by atoms with Crippen LogP contribution in [0.1, 0.15) is 28.8 Å². The SMILES string of the molecule is COc1cc(OC)cc(N2CCC(NC(=O)c3c[nH]c(=O)cc3C)CC2)c1. The van der Waals surface area contributed by atoms with Gasteiger partial charge in [-0.25, -0.2) is 0 Å². The average molecular weight is 371 g/mol. The Morgan fingerprint density at radius 1 is 1.11 bits per heavy atom. The number of aromatic amines is 1.